The molecule has 6 nitrogen and oxygen atoms in total. The second-order valence-corrected chi connectivity index (χ2v) is 6.67. The van der Waals surface area contributed by atoms with E-state index in [1.165, 1.54) is 0 Å². The number of ether oxygens (including phenoxy) is 1. The SMILES string of the molecule is CCNC(=NCc1cc(Br)ccc1OC)NCC(C)(O)c1ccco1.I. The van der Waals surface area contributed by atoms with E-state index in [0.717, 1.165) is 15.8 Å². The van der Waals surface area contributed by atoms with Gasteiger partial charge in [0.25, 0.3) is 0 Å². The molecule has 0 aliphatic rings. The molecule has 1 heterocycles. The standard InChI is InChI=1S/C18H24BrN3O3.HI/c1-4-20-17(22-12-18(2,23)16-6-5-9-25-16)21-11-13-10-14(19)7-8-15(13)24-3;/h5-10,23H,4,11-12H2,1-3H3,(H2,20,21,22);1H. The van der Waals surface area contributed by atoms with Gasteiger partial charge in [-0.3, -0.25) is 0 Å². The number of hydrogen-bond donors (Lipinski definition) is 3. The van der Waals surface area contributed by atoms with Crippen LogP contribution < -0.4 is 15.4 Å². The van der Waals surface area contributed by atoms with E-state index in [2.05, 4.69) is 31.6 Å². The van der Waals surface area contributed by atoms with Crippen LogP contribution in [-0.4, -0.2) is 31.3 Å². The van der Waals surface area contributed by atoms with E-state index in [1.807, 2.05) is 25.1 Å². The third-order valence-corrected chi connectivity index (χ3v) is 4.14. The number of guanidine groups is 1. The van der Waals surface area contributed by atoms with Crippen molar-refractivity contribution in [3.8, 4) is 5.75 Å². The maximum Gasteiger partial charge on any atom is 0.191 e. The van der Waals surface area contributed by atoms with Crippen LogP contribution in [0.15, 0.2) is 50.5 Å². The zero-order chi connectivity index (χ0) is 18.3. The Bertz CT molecular complexity index is 706. The van der Waals surface area contributed by atoms with Gasteiger partial charge in [0.05, 0.1) is 26.5 Å². The molecule has 0 aliphatic carbocycles. The van der Waals surface area contributed by atoms with Crippen LogP contribution in [0, 0.1) is 0 Å². The summed E-state index contributed by atoms with van der Waals surface area (Å²) < 4.78 is 11.6. The van der Waals surface area contributed by atoms with Crippen LogP contribution >= 0.6 is 39.9 Å². The van der Waals surface area contributed by atoms with Gasteiger partial charge in [-0.05, 0) is 44.2 Å². The smallest absolute Gasteiger partial charge is 0.191 e. The molecule has 0 radical (unpaired) electrons. The lowest BCUT2D eigenvalue weighted by atomic mass is 10.0. The molecule has 1 aromatic carbocycles. The Morgan fingerprint density at radius 3 is 2.73 bits per heavy atom. The zero-order valence-corrected chi connectivity index (χ0v) is 19.0. The van der Waals surface area contributed by atoms with E-state index in [0.29, 0.717) is 24.8 Å². The van der Waals surface area contributed by atoms with Crippen molar-refractivity contribution < 1.29 is 14.3 Å². The number of rotatable bonds is 7. The van der Waals surface area contributed by atoms with Gasteiger partial charge in [0.1, 0.15) is 17.1 Å². The molecule has 0 spiro atoms. The molecule has 0 bridgehead atoms. The first-order valence-corrected chi connectivity index (χ1v) is 8.86. The highest BCUT2D eigenvalue weighted by molar-refractivity contribution is 14.0. The van der Waals surface area contributed by atoms with E-state index >= 15 is 0 Å². The van der Waals surface area contributed by atoms with Gasteiger partial charge in [-0.2, -0.15) is 0 Å². The van der Waals surface area contributed by atoms with Crippen molar-refractivity contribution in [2.24, 2.45) is 4.99 Å². The number of furan rings is 1. The topological polar surface area (TPSA) is 79.0 Å². The molecule has 1 aromatic heterocycles. The molecule has 1 atom stereocenters. The van der Waals surface area contributed by atoms with Gasteiger partial charge >= 0.3 is 0 Å². The fourth-order valence-corrected chi connectivity index (χ4v) is 2.71. The van der Waals surface area contributed by atoms with Gasteiger partial charge in [-0.25, -0.2) is 4.99 Å². The third kappa shape index (κ3) is 6.48. The van der Waals surface area contributed by atoms with Crippen molar-refractivity contribution in [3.63, 3.8) is 0 Å². The van der Waals surface area contributed by atoms with Crippen LogP contribution in [0.4, 0.5) is 0 Å². The molecule has 0 fully saturated rings. The summed E-state index contributed by atoms with van der Waals surface area (Å²) >= 11 is 3.46. The summed E-state index contributed by atoms with van der Waals surface area (Å²) in [5, 5.41) is 16.8. The minimum atomic E-state index is -1.13. The monoisotopic (exact) mass is 537 g/mol. The molecule has 0 saturated carbocycles. The number of aliphatic imine (C=N–C) groups is 1. The Morgan fingerprint density at radius 1 is 1.35 bits per heavy atom. The molecule has 1 unspecified atom stereocenters. The van der Waals surface area contributed by atoms with Crippen molar-refractivity contribution in [1.82, 2.24) is 10.6 Å². The van der Waals surface area contributed by atoms with E-state index < -0.39 is 5.60 Å². The molecule has 26 heavy (non-hydrogen) atoms. The van der Waals surface area contributed by atoms with Crippen molar-refractivity contribution in [2.75, 3.05) is 20.2 Å². The van der Waals surface area contributed by atoms with Gasteiger partial charge < -0.3 is 24.9 Å². The molecule has 3 N–H and O–H groups in total. The van der Waals surface area contributed by atoms with Crippen molar-refractivity contribution in [1.29, 1.82) is 0 Å². The second-order valence-electron chi connectivity index (χ2n) is 5.76. The third-order valence-electron chi connectivity index (χ3n) is 3.65. The van der Waals surface area contributed by atoms with E-state index in [-0.39, 0.29) is 30.5 Å². The maximum atomic E-state index is 10.5. The number of aliphatic hydroxyl groups is 1. The van der Waals surface area contributed by atoms with Gasteiger partial charge in [0.2, 0.25) is 0 Å². The fraction of sp³-hybridized carbons (Fsp3) is 0.389. The highest BCUT2D eigenvalue weighted by Gasteiger charge is 2.26. The Kier molecular flexibility index (Phi) is 9.45. The van der Waals surface area contributed by atoms with Crippen LogP contribution in [0.25, 0.3) is 0 Å². The molecular weight excluding hydrogens is 513 g/mol. The van der Waals surface area contributed by atoms with E-state index in [1.54, 1.807) is 32.4 Å². The van der Waals surface area contributed by atoms with Crippen LogP contribution in [0.3, 0.4) is 0 Å². The van der Waals surface area contributed by atoms with Gasteiger partial charge in [0.15, 0.2) is 5.96 Å². The Hall–Kier alpha value is -1.26. The van der Waals surface area contributed by atoms with Crippen LogP contribution in [0.1, 0.15) is 25.2 Å². The molecule has 0 amide bonds. The summed E-state index contributed by atoms with van der Waals surface area (Å²) in [4.78, 5) is 4.57. The summed E-state index contributed by atoms with van der Waals surface area (Å²) in [7, 11) is 1.64. The number of methoxy groups -OCH3 is 1. The minimum Gasteiger partial charge on any atom is -0.496 e. The largest absolute Gasteiger partial charge is 0.496 e. The maximum absolute atomic E-state index is 10.5. The predicted molar refractivity (Wildman–Crippen MR) is 117 cm³/mol. The molecule has 144 valence electrons. The average Bonchev–Trinajstić information content (AvgIpc) is 3.13. The lowest BCUT2D eigenvalue weighted by Crippen LogP contribution is -2.44. The van der Waals surface area contributed by atoms with Crippen LogP contribution in [0.5, 0.6) is 5.75 Å². The number of benzene rings is 1. The van der Waals surface area contributed by atoms with Crippen molar-refractivity contribution >= 4 is 45.9 Å². The number of nitrogens with one attached hydrogen (secondary N) is 2. The second kappa shape index (κ2) is 10.8. The molecule has 2 aromatic rings. The van der Waals surface area contributed by atoms with Gasteiger partial charge in [-0.15, -0.1) is 24.0 Å². The van der Waals surface area contributed by atoms with Crippen LogP contribution in [-0.2, 0) is 12.1 Å². The average molecular weight is 538 g/mol. The molecule has 8 heteroatoms. The quantitative estimate of drug-likeness (QED) is 0.285. The first kappa shape index (κ1) is 22.8. The first-order chi connectivity index (χ1) is 12.0. The Balaban J connectivity index is 0.00000338. The van der Waals surface area contributed by atoms with Crippen molar-refractivity contribution in [2.45, 2.75) is 26.0 Å². The van der Waals surface area contributed by atoms with E-state index in [4.69, 9.17) is 9.15 Å². The van der Waals surface area contributed by atoms with E-state index in [9.17, 15) is 5.11 Å². The summed E-state index contributed by atoms with van der Waals surface area (Å²) in [6.07, 6.45) is 1.54. The predicted octanol–water partition coefficient (Wildman–Crippen LogP) is 3.63. The van der Waals surface area contributed by atoms with Crippen molar-refractivity contribution in [3.05, 3.63) is 52.4 Å². The molecule has 2 rings (SSSR count). The normalized spacial score (nSPS) is 13.5. The van der Waals surface area contributed by atoms with Gasteiger partial charge in [-0.1, -0.05) is 15.9 Å². The minimum absolute atomic E-state index is 0. The summed E-state index contributed by atoms with van der Waals surface area (Å²) in [6.45, 7) is 5.11. The zero-order valence-electron chi connectivity index (χ0n) is 15.1. The highest BCUT2D eigenvalue weighted by Crippen LogP contribution is 2.23. The van der Waals surface area contributed by atoms with Crippen LogP contribution in [0.2, 0.25) is 0 Å². The Labute approximate surface area is 179 Å². The summed E-state index contributed by atoms with van der Waals surface area (Å²) in [6, 6.07) is 9.30. The number of nitrogens with zero attached hydrogens (tertiary/aromatic N) is 1. The number of halogens is 2. The fourth-order valence-electron chi connectivity index (χ4n) is 2.30. The lowest BCUT2D eigenvalue weighted by molar-refractivity contribution is 0.0386. The highest BCUT2D eigenvalue weighted by atomic mass is 127. The lowest BCUT2D eigenvalue weighted by Gasteiger charge is -2.22. The Morgan fingerprint density at radius 2 is 2.12 bits per heavy atom. The summed E-state index contributed by atoms with van der Waals surface area (Å²) in [5.41, 5.74) is -0.167. The summed E-state index contributed by atoms with van der Waals surface area (Å²) in [5.74, 6) is 1.89. The number of hydrogen-bond acceptors (Lipinski definition) is 4. The molecular formula is C18H25BrIN3O3. The first-order valence-electron chi connectivity index (χ1n) is 8.07. The molecule has 0 saturated heterocycles. The molecule has 0 aliphatic heterocycles. The van der Waals surface area contributed by atoms with Gasteiger partial charge in [0, 0.05) is 16.6 Å².